The number of carbonyl (C=O) groups is 2. The SMILES string of the molecule is NCCNC(=O)N1CCC(C(=O)c2cccnc2)CC1. The second-order valence-electron chi connectivity index (χ2n) is 4.89. The number of ketones is 1. The summed E-state index contributed by atoms with van der Waals surface area (Å²) in [6.07, 6.45) is 4.65. The zero-order chi connectivity index (χ0) is 14.4. The van der Waals surface area contributed by atoms with Gasteiger partial charge in [0, 0.05) is 50.1 Å². The molecule has 0 radical (unpaired) electrons. The van der Waals surface area contributed by atoms with E-state index in [1.54, 1.807) is 29.4 Å². The van der Waals surface area contributed by atoms with Gasteiger partial charge in [0.05, 0.1) is 0 Å². The lowest BCUT2D eigenvalue weighted by atomic mass is 9.89. The molecule has 0 saturated carbocycles. The molecule has 0 atom stereocenters. The molecular weight excluding hydrogens is 256 g/mol. The maximum atomic E-state index is 12.3. The third-order valence-corrected chi connectivity index (χ3v) is 3.52. The van der Waals surface area contributed by atoms with Crippen LogP contribution < -0.4 is 11.1 Å². The first-order chi connectivity index (χ1) is 9.72. The van der Waals surface area contributed by atoms with Crippen LogP contribution in [0.2, 0.25) is 0 Å². The highest BCUT2D eigenvalue weighted by Crippen LogP contribution is 2.21. The molecule has 1 aliphatic rings. The Morgan fingerprint density at radius 3 is 2.75 bits per heavy atom. The van der Waals surface area contributed by atoms with E-state index in [-0.39, 0.29) is 17.7 Å². The average Bonchev–Trinajstić information content (AvgIpc) is 2.53. The second-order valence-corrected chi connectivity index (χ2v) is 4.89. The molecule has 0 aromatic carbocycles. The molecule has 6 nitrogen and oxygen atoms in total. The summed E-state index contributed by atoms with van der Waals surface area (Å²) in [6, 6.07) is 3.46. The first kappa shape index (κ1) is 14.5. The van der Waals surface area contributed by atoms with Crippen molar-refractivity contribution in [2.24, 2.45) is 11.7 Å². The number of piperidine rings is 1. The lowest BCUT2D eigenvalue weighted by Gasteiger charge is -2.31. The molecule has 0 unspecified atom stereocenters. The molecule has 6 heteroatoms. The van der Waals surface area contributed by atoms with Crippen LogP contribution in [0.15, 0.2) is 24.5 Å². The van der Waals surface area contributed by atoms with Gasteiger partial charge >= 0.3 is 6.03 Å². The van der Waals surface area contributed by atoms with Crippen molar-refractivity contribution in [3.8, 4) is 0 Å². The third-order valence-electron chi connectivity index (χ3n) is 3.52. The minimum atomic E-state index is -0.0947. The Morgan fingerprint density at radius 2 is 2.15 bits per heavy atom. The number of Topliss-reactive ketones (excluding diaryl/α,β-unsaturated/α-hetero) is 1. The Hall–Kier alpha value is -1.95. The molecule has 3 N–H and O–H groups in total. The second kappa shape index (κ2) is 7.00. The topological polar surface area (TPSA) is 88.3 Å². The first-order valence-electron chi connectivity index (χ1n) is 6.89. The zero-order valence-corrected chi connectivity index (χ0v) is 11.4. The van der Waals surface area contributed by atoms with Crippen molar-refractivity contribution in [3.63, 3.8) is 0 Å². The van der Waals surface area contributed by atoms with E-state index in [1.807, 2.05) is 0 Å². The van der Waals surface area contributed by atoms with Crippen LogP contribution >= 0.6 is 0 Å². The molecule has 2 heterocycles. The van der Waals surface area contributed by atoms with Crippen LogP contribution in [0.25, 0.3) is 0 Å². The summed E-state index contributed by atoms with van der Waals surface area (Å²) < 4.78 is 0. The minimum absolute atomic E-state index is 0.0160. The molecule has 20 heavy (non-hydrogen) atoms. The lowest BCUT2D eigenvalue weighted by molar-refractivity contribution is 0.0854. The number of aromatic nitrogens is 1. The number of urea groups is 1. The van der Waals surface area contributed by atoms with E-state index in [9.17, 15) is 9.59 Å². The normalized spacial score (nSPS) is 15.9. The van der Waals surface area contributed by atoms with E-state index in [4.69, 9.17) is 5.73 Å². The molecule has 1 aromatic rings. The summed E-state index contributed by atoms with van der Waals surface area (Å²) >= 11 is 0. The van der Waals surface area contributed by atoms with Gasteiger partial charge in [-0.25, -0.2) is 4.79 Å². The predicted octanol–water partition coefficient (Wildman–Crippen LogP) is 0.645. The van der Waals surface area contributed by atoms with Gasteiger partial charge < -0.3 is 16.0 Å². The fourth-order valence-corrected chi connectivity index (χ4v) is 2.38. The van der Waals surface area contributed by atoms with E-state index >= 15 is 0 Å². The molecule has 2 rings (SSSR count). The number of carbonyl (C=O) groups excluding carboxylic acids is 2. The van der Waals surface area contributed by atoms with E-state index in [2.05, 4.69) is 10.3 Å². The van der Waals surface area contributed by atoms with Gasteiger partial charge in [-0.3, -0.25) is 9.78 Å². The predicted molar refractivity (Wildman–Crippen MR) is 75.3 cm³/mol. The van der Waals surface area contributed by atoms with Crippen molar-refractivity contribution in [1.82, 2.24) is 15.2 Å². The molecule has 1 aliphatic heterocycles. The molecule has 108 valence electrons. The molecule has 1 fully saturated rings. The summed E-state index contributed by atoms with van der Waals surface area (Å²) in [6.45, 7) is 2.12. The van der Waals surface area contributed by atoms with Crippen molar-refractivity contribution >= 4 is 11.8 Å². The Bertz CT molecular complexity index is 456. The van der Waals surface area contributed by atoms with Crippen molar-refractivity contribution in [3.05, 3.63) is 30.1 Å². The number of hydrogen-bond donors (Lipinski definition) is 2. The largest absolute Gasteiger partial charge is 0.337 e. The van der Waals surface area contributed by atoms with Crippen LogP contribution in [0.1, 0.15) is 23.2 Å². The zero-order valence-electron chi connectivity index (χ0n) is 11.4. The molecule has 1 aromatic heterocycles. The van der Waals surface area contributed by atoms with Crippen molar-refractivity contribution in [1.29, 1.82) is 0 Å². The van der Waals surface area contributed by atoms with E-state index in [0.29, 0.717) is 44.6 Å². The maximum absolute atomic E-state index is 12.3. The van der Waals surface area contributed by atoms with Gasteiger partial charge in [-0.05, 0) is 25.0 Å². The van der Waals surface area contributed by atoms with Gasteiger partial charge in [-0.1, -0.05) is 0 Å². The van der Waals surface area contributed by atoms with Crippen LogP contribution in [0.3, 0.4) is 0 Å². The standard InChI is InChI=1S/C14H20N4O2/c15-5-7-17-14(20)18-8-3-11(4-9-18)13(19)12-2-1-6-16-10-12/h1-2,6,10-11H,3-5,7-9,15H2,(H,17,20). The summed E-state index contributed by atoms with van der Waals surface area (Å²) in [4.78, 5) is 29.7. The number of hydrogen-bond acceptors (Lipinski definition) is 4. The van der Waals surface area contributed by atoms with E-state index in [0.717, 1.165) is 0 Å². The molecule has 1 saturated heterocycles. The van der Waals surface area contributed by atoms with Crippen LogP contribution in [-0.4, -0.2) is 47.9 Å². The fraction of sp³-hybridized carbons (Fsp3) is 0.500. The quantitative estimate of drug-likeness (QED) is 0.790. The molecule has 0 bridgehead atoms. The highest BCUT2D eigenvalue weighted by molar-refractivity contribution is 5.97. The Kier molecular flexibility index (Phi) is 5.06. The molecule has 0 spiro atoms. The first-order valence-corrected chi connectivity index (χ1v) is 6.89. The fourth-order valence-electron chi connectivity index (χ4n) is 2.38. The van der Waals surface area contributed by atoms with Gasteiger partial charge in [0.15, 0.2) is 5.78 Å². The Balaban J connectivity index is 1.85. The smallest absolute Gasteiger partial charge is 0.317 e. The summed E-state index contributed by atoms with van der Waals surface area (Å²) in [5.74, 6) is 0.109. The summed E-state index contributed by atoms with van der Waals surface area (Å²) in [5.41, 5.74) is 6.00. The number of nitrogens with two attached hydrogens (primary N) is 1. The van der Waals surface area contributed by atoms with Crippen LogP contribution in [0.4, 0.5) is 4.79 Å². The highest BCUT2D eigenvalue weighted by Gasteiger charge is 2.27. The molecule has 2 amide bonds. The molecular formula is C14H20N4O2. The van der Waals surface area contributed by atoms with E-state index < -0.39 is 0 Å². The number of nitrogens with zero attached hydrogens (tertiary/aromatic N) is 2. The number of pyridine rings is 1. The highest BCUT2D eigenvalue weighted by atomic mass is 16.2. The van der Waals surface area contributed by atoms with Gasteiger partial charge in [-0.2, -0.15) is 0 Å². The lowest BCUT2D eigenvalue weighted by Crippen LogP contribution is -2.46. The average molecular weight is 276 g/mol. The van der Waals surface area contributed by atoms with Crippen molar-refractivity contribution in [2.45, 2.75) is 12.8 Å². The number of nitrogens with one attached hydrogen (secondary N) is 1. The van der Waals surface area contributed by atoms with E-state index in [1.165, 1.54) is 0 Å². The summed E-state index contributed by atoms with van der Waals surface area (Å²) in [5, 5.41) is 2.74. The number of amides is 2. The minimum Gasteiger partial charge on any atom is -0.337 e. The maximum Gasteiger partial charge on any atom is 0.317 e. The van der Waals surface area contributed by atoms with Crippen molar-refractivity contribution in [2.75, 3.05) is 26.2 Å². The number of likely N-dealkylation sites (tertiary alicyclic amines) is 1. The van der Waals surface area contributed by atoms with Gasteiger partial charge in [0.1, 0.15) is 0 Å². The Labute approximate surface area is 118 Å². The van der Waals surface area contributed by atoms with Crippen LogP contribution in [0, 0.1) is 5.92 Å². The molecule has 0 aliphatic carbocycles. The Morgan fingerprint density at radius 1 is 1.40 bits per heavy atom. The monoisotopic (exact) mass is 276 g/mol. The summed E-state index contributed by atoms with van der Waals surface area (Å²) in [7, 11) is 0. The number of rotatable bonds is 4. The third kappa shape index (κ3) is 3.54. The van der Waals surface area contributed by atoms with Gasteiger partial charge in [-0.15, -0.1) is 0 Å². The van der Waals surface area contributed by atoms with Gasteiger partial charge in [0.25, 0.3) is 0 Å². The van der Waals surface area contributed by atoms with Gasteiger partial charge in [0.2, 0.25) is 0 Å². The van der Waals surface area contributed by atoms with Crippen LogP contribution in [-0.2, 0) is 0 Å². The van der Waals surface area contributed by atoms with Crippen LogP contribution in [0.5, 0.6) is 0 Å². The van der Waals surface area contributed by atoms with Crippen molar-refractivity contribution < 1.29 is 9.59 Å².